The average molecular weight is 437 g/mol. The highest BCUT2D eigenvalue weighted by Gasteiger charge is 2.28. The quantitative estimate of drug-likeness (QED) is 0.400. The first-order valence-corrected chi connectivity index (χ1v) is 9.81. The summed E-state index contributed by atoms with van der Waals surface area (Å²) in [4.78, 5) is 47.6. The Hall–Kier alpha value is -3.26. The Kier molecular flexibility index (Phi) is 10.8. The van der Waals surface area contributed by atoms with Crippen molar-refractivity contribution >= 4 is 35.7 Å². The number of thioether (sulfide) groups is 1. The van der Waals surface area contributed by atoms with Gasteiger partial charge in [0.15, 0.2) is 5.25 Å². The van der Waals surface area contributed by atoms with E-state index in [4.69, 9.17) is 10.00 Å². The van der Waals surface area contributed by atoms with Crippen LogP contribution in [0.4, 0.5) is 4.79 Å². The molecule has 0 aliphatic rings. The van der Waals surface area contributed by atoms with E-state index in [1.54, 1.807) is 30.3 Å². The minimum absolute atomic E-state index is 0.0332. The molecule has 2 amide bonds. The lowest BCUT2D eigenvalue weighted by molar-refractivity contribution is -0.144. The fourth-order valence-corrected chi connectivity index (χ4v) is 2.98. The van der Waals surface area contributed by atoms with Crippen molar-refractivity contribution in [2.75, 3.05) is 20.0 Å². The summed E-state index contributed by atoms with van der Waals surface area (Å²) in [5.74, 6) is -2.32. The van der Waals surface area contributed by atoms with Crippen molar-refractivity contribution in [3.05, 3.63) is 35.9 Å². The van der Waals surface area contributed by atoms with Crippen LogP contribution in [0.2, 0.25) is 0 Å². The molecule has 0 aromatic heterocycles. The standard InChI is InChI=1S/C19H23N3O7S/c1-12(21-19(26)29-10-13-7-5-4-6-8-13)16(23)22-14(17(24)27-2)11-30-15(9-20)18(25)28-3/h4-8,12,14-15H,10-11H2,1-3H3,(H,21,26)(H,22,23)/t12-,14-,15?/m0/s1. The fourth-order valence-electron chi connectivity index (χ4n) is 2.07. The van der Waals surface area contributed by atoms with Gasteiger partial charge in [-0.3, -0.25) is 4.79 Å². The van der Waals surface area contributed by atoms with Crippen molar-refractivity contribution in [2.45, 2.75) is 30.9 Å². The Labute approximate surface area is 178 Å². The van der Waals surface area contributed by atoms with Gasteiger partial charge in [-0.15, -0.1) is 11.8 Å². The van der Waals surface area contributed by atoms with E-state index < -0.39 is 41.3 Å². The molecular weight excluding hydrogens is 414 g/mol. The summed E-state index contributed by atoms with van der Waals surface area (Å²) in [6, 6.07) is 8.58. The molecule has 0 aliphatic carbocycles. The van der Waals surface area contributed by atoms with Crippen molar-refractivity contribution < 1.29 is 33.4 Å². The summed E-state index contributed by atoms with van der Waals surface area (Å²) >= 11 is 0.816. The van der Waals surface area contributed by atoms with Crippen LogP contribution in [0.15, 0.2) is 30.3 Å². The van der Waals surface area contributed by atoms with Crippen molar-refractivity contribution in [3.63, 3.8) is 0 Å². The summed E-state index contributed by atoms with van der Waals surface area (Å²) in [5.41, 5.74) is 0.783. The smallest absolute Gasteiger partial charge is 0.408 e. The second-order valence-corrected chi connectivity index (χ2v) is 7.02. The van der Waals surface area contributed by atoms with E-state index in [9.17, 15) is 19.2 Å². The van der Waals surface area contributed by atoms with E-state index in [-0.39, 0.29) is 12.4 Å². The van der Waals surface area contributed by atoms with E-state index in [1.807, 2.05) is 6.07 Å². The number of rotatable bonds is 10. The molecule has 162 valence electrons. The third-order valence-corrected chi connectivity index (χ3v) is 4.86. The van der Waals surface area contributed by atoms with Gasteiger partial charge in [-0.05, 0) is 12.5 Å². The van der Waals surface area contributed by atoms with Crippen molar-refractivity contribution in [3.8, 4) is 6.07 Å². The highest BCUT2D eigenvalue weighted by molar-refractivity contribution is 8.00. The monoisotopic (exact) mass is 437 g/mol. The topological polar surface area (TPSA) is 144 Å². The van der Waals surface area contributed by atoms with Gasteiger partial charge in [-0.2, -0.15) is 5.26 Å². The molecule has 0 bridgehead atoms. The summed E-state index contributed by atoms with van der Waals surface area (Å²) < 4.78 is 14.2. The first-order chi connectivity index (χ1) is 14.3. The van der Waals surface area contributed by atoms with E-state index in [0.717, 1.165) is 31.5 Å². The van der Waals surface area contributed by atoms with Crippen LogP contribution in [0.25, 0.3) is 0 Å². The molecule has 0 radical (unpaired) electrons. The van der Waals surface area contributed by atoms with Crippen LogP contribution >= 0.6 is 11.8 Å². The van der Waals surface area contributed by atoms with Crippen LogP contribution in [0, 0.1) is 11.3 Å². The molecule has 0 fully saturated rings. The summed E-state index contributed by atoms with van der Waals surface area (Å²) in [6.07, 6.45) is -0.805. The number of hydrogen-bond acceptors (Lipinski definition) is 9. The number of nitrogens with one attached hydrogen (secondary N) is 2. The maximum Gasteiger partial charge on any atom is 0.408 e. The van der Waals surface area contributed by atoms with Crippen LogP contribution in [-0.4, -0.2) is 61.2 Å². The summed E-state index contributed by atoms with van der Waals surface area (Å²) in [7, 11) is 2.27. The van der Waals surface area contributed by atoms with Gasteiger partial charge >= 0.3 is 18.0 Å². The molecule has 3 atom stereocenters. The minimum atomic E-state index is -1.16. The van der Waals surface area contributed by atoms with Gasteiger partial charge in [0.05, 0.1) is 20.3 Å². The number of amides is 2. The van der Waals surface area contributed by atoms with Crippen molar-refractivity contribution in [1.82, 2.24) is 10.6 Å². The third kappa shape index (κ3) is 8.40. The Morgan fingerprint density at radius 3 is 2.27 bits per heavy atom. The normalized spacial score (nSPS) is 13.0. The maximum absolute atomic E-state index is 12.3. The molecule has 0 spiro atoms. The number of hydrogen-bond donors (Lipinski definition) is 2. The highest BCUT2D eigenvalue weighted by Crippen LogP contribution is 2.14. The van der Waals surface area contributed by atoms with Gasteiger partial charge in [0.25, 0.3) is 0 Å². The molecule has 0 heterocycles. The van der Waals surface area contributed by atoms with Gasteiger partial charge in [0.1, 0.15) is 18.7 Å². The Balaban J connectivity index is 2.58. The van der Waals surface area contributed by atoms with E-state index in [1.165, 1.54) is 6.92 Å². The van der Waals surface area contributed by atoms with E-state index >= 15 is 0 Å². The van der Waals surface area contributed by atoms with Gasteiger partial charge in [0, 0.05) is 5.75 Å². The predicted octanol–water partition coefficient (Wildman–Crippen LogP) is 0.757. The lowest BCUT2D eigenvalue weighted by atomic mass is 10.2. The first kappa shape index (κ1) is 24.8. The number of alkyl carbamates (subject to hydrolysis) is 1. The molecule has 1 rings (SSSR count). The van der Waals surface area contributed by atoms with Crippen LogP contribution in [0.3, 0.4) is 0 Å². The zero-order valence-corrected chi connectivity index (χ0v) is 17.6. The summed E-state index contributed by atoms with van der Waals surface area (Å²) in [6.45, 7) is 1.44. The van der Waals surface area contributed by atoms with Crippen LogP contribution in [0.5, 0.6) is 0 Å². The molecule has 0 saturated heterocycles. The Morgan fingerprint density at radius 2 is 1.70 bits per heavy atom. The Morgan fingerprint density at radius 1 is 1.07 bits per heavy atom. The molecule has 10 nitrogen and oxygen atoms in total. The number of methoxy groups -OCH3 is 2. The summed E-state index contributed by atoms with van der Waals surface area (Å²) in [5, 5.41) is 12.6. The number of nitrogens with zero attached hydrogens (tertiary/aromatic N) is 1. The number of esters is 2. The van der Waals surface area contributed by atoms with Gasteiger partial charge < -0.3 is 24.8 Å². The van der Waals surface area contributed by atoms with Crippen LogP contribution in [0.1, 0.15) is 12.5 Å². The lowest BCUT2D eigenvalue weighted by Gasteiger charge is -2.20. The SMILES string of the molecule is COC(=O)C(C#N)SC[C@H](NC(=O)[C@H](C)NC(=O)OCc1ccccc1)C(=O)OC. The molecule has 0 saturated carbocycles. The van der Waals surface area contributed by atoms with Crippen LogP contribution < -0.4 is 10.6 Å². The second-order valence-electron chi connectivity index (χ2n) is 5.88. The second kappa shape index (κ2) is 13.1. The van der Waals surface area contributed by atoms with Gasteiger partial charge in [-0.25, -0.2) is 14.4 Å². The number of ether oxygens (including phenoxy) is 3. The molecule has 1 aromatic rings. The molecule has 1 aromatic carbocycles. The first-order valence-electron chi connectivity index (χ1n) is 8.76. The molecule has 30 heavy (non-hydrogen) atoms. The highest BCUT2D eigenvalue weighted by atomic mass is 32.2. The van der Waals surface area contributed by atoms with Crippen molar-refractivity contribution in [2.24, 2.45) is 0 Å². The maximum atomic E-state index is 12.3. The van der Waals surface area contributed by atoms with E-state index in [0.29, 0.717) is 0 Å². The van der Waals surface area contributed by atoms with E-state index in [2.05, 4.69) is 20.1 Å². The molecular formula is C19H23N3O7S. The zero-order chi connectivity index (χ0) is 22.5. The molecule has 11 heteroatoms. The fraction of sp³-hybridized carbons (Fsp3) is 0.421. The third-order valence-electron chi connectivity index (χ3n) is 3.70. The molecule has 0 aliphatic heterocycles. The van der Waals surface area contributed by atoms with Gasteiger partial charge in [-0.1, -0.05) is 30.3 Å². The van der Waals surface area contributed by atoms with Gasteiger partial charge in [0.2, 0.25) is 5.91 Å². The molecule has 2 N–H and O–H groups in total. The molecule has 1 unspecified atom stereocenters. The largest absolute Gasteiger partial charge is 0.467 e. The number of nitriles is 1. The number of carbonyl (C=O) groups is 4. The number of carbonyl (C=O) groups excluding carboxylic acids is 4. The Bertz CT molecular complexity index is 782. The predicted molar refractivity (Wildman–Crippen MR) is 107 cm³/mol. The average Bonchev–Trinajstić information content (AvgIpc) is 2.76. The lowest BCUT2D eigenvalue weighted by Crippen LogP contribution is -2.51. The zero-order valence-electron chi connectivity index (χ0n) is 16.7. The van der Waals surface area contributed by atoms with Crippen molar-refractivity contribution in [1.29, 1.82) is 5.26 Å². The van der Waals surface area contributed by atoms with Crippen LogP contribution in [-0.2, 0) is 35.2 Å². The minimum Gasteiger partial charge on any atom is -0.467 e. The number of benzene rings is 1.